The third-order valence-electron chi connectivity index (χ3n) is 3.48. The number of nitrogens with zero attached hydrogens (tertiary/aromatic N) is 1. The lowest BCUT2D eigenvalue weighted by Crippen LogP contribution is -2.24. The summed E-state index contributed by atoms with van der Waals surface area (Å²) < 4.78 is 6.20. The lowest BCUT2D eigenvalue weighted by molar-refractivity contribution is 0.199. The van der Waals surface area contributed by atoms with E-state index in [1.165, 1.54) is 30.6 Å². The van der Waals surface area contributed by atoms with Crippen LogP contribution in [-0.2, 0) is 11.3 Å². The third kappa shape index (κ3) is 4.79. The molecule has 1 aromatic rings. The van der Waals surface area contributed by atoms with Gasteiger partial charge in [0.1, 0.15) is 0 Å². The fourth-order valence-corrected chi connectivity index (χ4v) is 2.66. The van der Waals surface area contributed by atoms with Crippen molar-refractivity contribution < 1.29 is 4.74 Å². The number of halogens is 1. The van der Waals surface area contributed by atoms with Gasteiger partial charge in [0.2, 0.25) is 0 Å². The molecule has 0 heterocycles. The Balaban J connectivity index is 1.98. The quantitative estimate of drug-likeness (QED) is 0.743. The SMILES string of the molecule is COCCNCc1cc(Br)ccc1N(C)CC1CC1. The van der Waals surface area contributed by atoms with Crippen LogP contribution in [0, 0.1) is 5.92 Å². The van der Waals surface area contributed by atoms with Gasteiger partial charge in [-0.15, -0.1) is 0 Å². The number of anilines is 1. The summed E-state index contributed by atoms with van der Waals surface area (Å²) in [7, 11) is 3.93. The zero-order valence-electron chi connectivity index (χ0n) is 11.8. The van der Waals surface area contributed by atoms with Crippen LogP contribution in [0.5, 0.6) is 0 Å². The average molecular weight is 327 g/mol. The van der Waals surface area contributed by atoms with Crippen LogP contribution in [0.1, 0.15) is 18.4 Å². The first-order valence-electron chi connectivity index (χ1n) is 6.90. The van der Waals surface area contributed by atoms with Gasteiger partial charge in [-0.05, 0) is 42.5 Å². The Kier molecular flexibility index (Phi) is 5.67. The molecule has 0 aromatic heterocycles. The minimum atomic E-state index is 0.751. The summed E-state index contributed by atoms with van der Waals surface area (Å²) in [5.41, 5.74) is 2.67. The molecule has 0 spiro atoms. The summed E-state index contributed by atoms with van der Waals surface area (Å²) in [5.74, 6) is 0.906. The van der Waals surface area contributed by atoms with Crippen molar-refractivity contribution in [2.24, 2.45) is 5.92 Å². The normalized spacial score (nSPS) is 14.7. The predicted molar refractivity (Wildman–Crippen MR) is 83.7 cm³/mol. The van der Waals surface area contributed by atoms with Crippen LogP contribution in [0.4, 0.5) is 5.69 Å². The lowest BCUT2D eigenvalue weighted by Gasteiger charge is -2.23. The molecule has 0 amide bonds. The van der Waals surface area contributed by atoms with Crippen molar-refractivity contribution in [2.45, 2.75) is 19.4 Å². The first-order chi connectivity index (χ1) is 9.20. The number of benzene rings is 1. The molecule has 3 nitrogen and oxygen atoms in total. The van der Waals surface area contributed by atoms with Crippen molar-refractivity contribution in [1.29, 1.82) is 0 Å². The van der Waals surface area contributed by atoms with E-state index in [9.17, 15) is 0 Å². The minimum Gasteiger partial charge on any atom is -0.383 e. The standard InChI is InChI=1S/C15H23BrN2O/c1-18(11-12-3-4-12)15-6-5-14(16)9-13(15)10-17-7-8-19-2/h5-6,9,12,17H,3-4,7-8,10-11H2,1-2H3. The summed E-state index contributed by atoms with van der Waals surface area (Å²) in [6.45, 7) is 3.69. The van der Waals surface area contributed by atoms with E-state index in [4.69, 9.17) is 4.74 Å². The van der Waals surface area contributed by atoms with E-state index < -0.39 is 0 Å². The van der Waals surface area contributed by atoms with Gasteiger partial charge in [0, 0.05) is 44.0 Å². The summed E-state index contributed by atoms with van der Waals surface area (Å²) >= 11 is 3.56. The van der Waals surface area contributed by atoms with Gasteiger partial charge >= 0.3 is 0 Å². The van der Waals surface area contributed by atoms with E-state index in [0.29, 0.717) is 0 Å². The van der Waals surface area contributed by atoms with Crippen LogP contribution in [-0.4, -0.2) is 33.9 Å². The van der Waals surface area contributed by atoms with E-state index in [-0.39, 0.29) is 0 Å². The first kappa shape index (κ1) is 14.8. The molecule has 1 aliphatic carbocycles. The molecule has 1 N–H and O–H groups in total. The van der Waals surface area contributed by atoms with E-state index in [1.54, 1.807) is 7.11 Å². The van der Waals surface area contributed by atoms with E-state index in [0.717, 1.165) is 30.1 Å². The second-order valence-electron chi connectivity index (χ2n) is 5.27. The maximum absolute atomic E-state index is 5.06. The molecular formula is C15H23BrN2O. The Labute approximate surface area is 124 Å². The molecule has 2 rings (SSSR count). The van der Waals surface area contributed by atoms with Crippen molar-refractivity contribution in [3.63, 3.8) is 0 Å². The number of hydrogen-bond donors (Lipinski definition) is 1. The average Bonchev–Trinajstić information content (AvgIpc) is 3.18. The minimum absolute atomic E-state index is 0.751. The van der Waals surface area contributed by atoms with E-state index in [1.807, 2.05) is 0 Å². The highest BCUT2D eigenvalue weighted by Gasteiger charge is 2.23. The van der Waals surface area contributed by atoms with Crippen molar-refractivity contribution in [1.82, 2.24) is 5.32 Å². The fraction of sp³-hybridized carbons (Fsp3) is 0.600. The zero-order valence-corrected chi connectivity index (χ0v) is 13.4. The van der Waals surface area contributed by atoms with Crippen LogP contribution in [0.3, 0.4) is 0 Å². The summed E-state index contributed by atoms with van der Waals surface area (Å²) in [4.78, 5) is 2.39. The van der Waals surface area contributed by atoms with Crippen LogP contribution in [0.25, 0.3) is 0 Å². The summed E-state index contributed by atoms with van der Waals surface area (Å²) in [6.07, 6.45) is 2.78. The fourth-order valence-electron chi connectivity index (χ4n) is 2.25. The van der Waals surface area contributed by atoms with Crippen molar-refractivity contribution in [2.75, 3.05) is 38.8 Å². The molecular weight excluding hydrogens is 304 g/mol. The summed E-state index contributed by atoms with van der Waals surface area (Å²) in [6, 6.07) is 6.54. The van der Waals surface area contributed by atoms with Gasteiger partial charge in [0.25, 0.3) is 0 Å². The number of methoxy groups -OCH3 is 1. The summed E-state index contributed by atoms with van der Waals surface area (Å²) in [5, 5.41) is 3.42. The highest BCUT2D eigenvalue weighted by atomic mass is 79.9. The molecule has 106 valence electrons. The second kappa shape index (κ2) is 7.27. The first-order valence-corrected chi connectivity index (χ1v) is 7.69. The Bertz CT molecular complexity index is 407. The molecule has 0 saturated heterocycles. The van der Waals surface area contributed by atoms with Crippen LogP contribution in [0.2, 0.25) is 0 Å². The smallest absolute Gasteiger partial charge is 0.0587 e. The molecule has 0 aliphatic heterocycles. The number of rotatable bonds is 8. The molecule has 1 fully saturated rings. The van der Waals surface area contributed by atoms with Crippen LogP contribution in [0.15, 0.2) is 22.7 Å². The van der Waals surface area contributed by atoms with Gasteiger partial charge in [0.15, 0.2) is 0 Å². The monoisotopic (exact) mass is 326 g/mol. The second-order valence-corrected chi connectivity index (χ2v) is 6.18. The number of nitrogens with one attached hydrogen (secondary N) is 1. The van der Waals surface area contributed by atoms with Gasteiger partial charge in [-0.25, -0.2) is 0 Å². The molecule has 0 bridgehead atoms. The molecule has 0 atom stereocenters. The molecule has 0 radical (unpaired) electrons. The van der Waals surface area contributed by atoms with E-state index >= 15 is 0 Å². The van der Waals surface area contributed by atoms with Crippen molar-refractivity contribution in [3.05, 3.63) is 28.2 Å². The molecule has 1 aliphatic rings. The molecule has 19 heavy (non-hydrogen) atoms. The van der Waals surface area contributed by atoms with Crippen LogP contribution < -0.4 is 10.2 Å². The molecule has 4 heteroatoms. The van der Waals surface area contributed by atoms with Gasteiger partial charge < -0.3 is 15.0 Å². The number of ether oxygens (including phenoxy) is 1. The lowest BCUT2D eigenvalue weighted by atomic mass is 10.1. The van der Waals surface area contributed by atoms with E-state index in [2.05, 4.69) is 51.4 Å². The van der Waals surface area contributed by atoms with Crippen molar-refractivity contribution in [3.8, 4) is 0 Å². The highest BCUT2D eigenvalue weighted by molar-refractivity contribution is 9.10. The molecule has 0 unspecified atom stereocenters. The third-order valence-corrected chi connectivity index (χ3v) is 3.97. The van der Waals surface area contributed by atoms with Crippen LogP contribution >= 0.6 is 15.9 Å². The molecule has 1 aromatic carbocycles. The van der Waals surface area contributed by atoms with Gasteiger partial charge in [-0.3, -0.25) is 0 Å². The Hall–Kier alpha value is -0.580. The molecule has 1 saturated carbocycles. The Morgan fingerprint density at radius 1 is 1.42 bits per heavy atom. The zero-order chi connectivity index (χ0) is 13.7. The Morgan fingerprint density at radius 2 is 2.21 bits per heavy atom. The maximum Gasteiger partial charge on any atom is 0.0587 e. The van der Waals surface area contributed by atoms with Crippen molar-refractivity contribution >= 4 is 21.6 Å². The highest BCUT2D eigenvalue weighted by Crippen LogP contribution is 2.32. The maximum atomic E-state index is 5.06. The topological polar surface area (TPSA) is 24.5 Å². The largest absolute Gasteiger partial charge is 0.383 e. The predicted octanol–water partition coefficient (Wildman–Crippen LogP) is 3.03. The van der Waals surface area contributed by atoms with Gasteiger partial charge in [-0.1, -0.05) is 15.9 Å². The van der Waals surface area contributed by atoms with Gasteiger partial charge in [-0.2, -0.15) is 0 Å². The Morgan fingerprint density at radius 3 is 2.89 bits per heavy atom. The number of hydrogen-bond acceptors (Lipinski definition) is 3. The van der Waals surface area contributed by atoms with Gasteiger partial charge in [0.05, 0.1) is 6.61 Å².